The number of rotatable bonds is 4. The van der Waals surface area contributed by atoms with Crippen LogP contribution in [0.25, 0.3) is 16.9 Å². The lowest BCUT2D eigenvalue weighted by atomic mass is 10.1. The highest BCUT2D eigenvalue weighted by molar-refractivity contribution is 7.12. The molecule has 5 nitrogen and oxygen atoms in total. The lowest BCUT2D eigenvalue weighted by Gasteiger charge is -2.11. The number of nitrogens with one attached hydrogen (secondary N) is 1. The van der Waals surface area contributed by atoms with E-state index in [1.54, 1.807) is 7.11 Å². The minimum atomic E-state index is -0.145. The number of fused-ring (bicyclic) bond motifs is 1. The van der Waals surface area contributed by atoms with Crippen molar-refractivity contribution < 1.29 is 9.53 Å². The van der Waals surface area contributed by atoms with Crippen molar-refractivity contribution in [2.45, 2.75) is 6.92 Å². The van der Waals surface area contributed by atoms with E-state index < -0.39 is 0 Å². The van der Waals surface area contributed by atoms with Gasteiger partial charge in [-0.15, -0.1) is 11.3 Å². The third kappa shape index (κ3) is 3.07. The van der Waals surface area contributed by atoms with Gasteiger partial charge in [-0.05, 0) is 54.3 Å². The smallest absolute Gasteiger partial charge is 0.265 e. The first-order chi connectivity index (χ1) is 12.6. The van der Waals surface area contributed by atoms with Gasteiger partial charge in [0.25, 0.3) is 5.91 Å². The SMILES string of the molecule is COc1ccc(-c2cn3ccccc3n2)cc1NC(=O)c1cc(C)cs1. The molecule has 0 aliphatic rings. The Morgan fingerprint density at radius 2 is 2.12 bits per heavy atom. The van der Waals surface area contributed by atoms with Gasteiger partial charge in [-0.1, -0.05) is 6.07 Å². The number of aromatic nitrogens is 2. The topological polar surface area (TPSA) is 55.6 Å². The molecule has 130 valence electrons. The number of thiophene rings is 1. The molecule has 0 aliphatic carbocycles. The van der Waals surface area contributed by atoms with E-state index in [4.69, 9.17) is 4.74 Å². The molecule has 3 aromatic heterocycles. The fourth-order valence-corrected chi connectivity index (χ4v) is 3.57. The summed E-state index contributed by atoms with van der Waals surface area (Å²) in [5.74, 6) is 0.465. The van der Waals surface area contributed by atoms with Crippen LogP contribution < -0.4 is 10.1 Å². The Morgan fingerprint density at radius 1 is 1.23 bits per heavy atom. The summed E-state index contributed by atoms with van der Waals surface area (Å²) in [5, 5.41) is 4.90. The van der Waals surface area contributed by atoms with Crippen LogP contribution in [0.5, 0.6) is 5.75 Å². The number of carbonyl (C=O) groups is 1. The number of benzene rings is 1. The molecule has 0 radical (unpaired) electrons. The Hall–Kier alpha value is -3.12. The molecular weight excluding hydrogens is 346 g/mol. The maximum absolute atomic E-state index is 12.5. The van der Waals surface area contributed by atoms with Crippen molar-refractivity contribution in [1.82, 2.24) is 9.38 Å². The quantitative estimate of drug-likeness (QED) is 0.575. The summed E-state index contributed by atoms with van der Waals surface area (Å²) in [6, 6.07) is 13.4. The van der Waals surface area contributed by atoms with Crippen LogP contribution in [0.3, 0.4) is 0 Å². The van der Waals surface area contributed by atoms with Crippen LogP contribution in [-0.2, 0) is 0 Å². The lowest BCUT2D eigenvalue weighted by Crippen LogP contribution is -2.11. The fraction of sp³-hybridized carbons (Fsp3) is 0.100. The van der Waals surface area contributed by atoms with Gasteiger partial charge < -0.3 is 14.5 Å². The zero-order valence-corrected chi connectivity index (χ0v) is 15.2. The van der Waals surface area contributed by atoms with Crippen molar-refractivity contribution in [2.75, 3.05) is 12.4 Å². The molecule has 4 aromatic rings. The van der Waals surface area contributed by atoms with Gasteiger partial charge in [0, 0.05) is 18.0 Å². The van der Waals surface area contributed by atoms with Crippen LogP contribution in [-0.4, -0.2) is 22.4 Å². The number of nitrogens with zero attached hydrogens (tertiary/aromatic N) is 2. The molecule has 0 atom stereocenters. The number of amides is 1. The minimum Gasteiger partial charge on any atom is -0.495 e. The molecule has 4 rings (SSSR count). The maximum atomic E-state index is 12.5. The number of methoxy groups -OCH3 is 1. The Bertz CT molecular complexity index is 1060. The third-order valence-electron chi connectivity index (χ3n) is 4.06. The average Bonchev–Trinajstić information content (AvgIpc) is 3.27. The monoisotopic (exact) mass is 363 g/mol. The van der Waals surface area contributed by atoms with E-state index in [-0.39, 0.29) is 5.91 Å². The number of pyridine rings is 1. The molecule has 0 saturated heterocycles. The van der Waals surface area contributed by atoms with E-state index in [1.165, 1.54) is 11.3 Å². The minimum absolute atomic E-state index is 0.145. The zero-order valence-electron chi connectivity index (χ0n) is 14.4. The van der Waals surface area contributed by atoms with E-state index in [0.717, 1.165) is 22.5 Å². The molecule has 1 aromatic carbocycles. The molecule has 6 heteroatoms. The molecule has 0 saturated carbocycles. The summed E-state index contributed by atoms with van der Waals surface area (Å²) in [5.41, 5.74) is 4.31. The second-order valence-corrected chi connectivity index (χ2v) is 6.86. The molecule has 0 fully saturated rings. The Morgan fingerprint density at radius 3 is 2.85 bits per heavy atom. The van der Waals surface area contributed by atoms with Gasteiger partial charge in [0.2, 0.25) is 0 Å². The maximum Gasteiger partial charge on any atom is 0.265 e. The second kappa shape index (κ2) is 6.65. The van der Waals surface area contributed by atoms with Crippen LogP contribution in [0.1, 0.15) is 15.2 Å². The number of imidazole rings is 1. The van der Waals surface area contributed by atoms with Crippen molar-refractivity contribution >= 4 is 28.6 Å². The van der Waals surface area contributed by atoms with Crippen LogP contribution in [0.4, 0.5) is 5.69 Å². The lowest BCUT2D eigenvalue weighted by molar-refractivity contribution is 0.103. The molecule has 26 heavy (non-hydrogen) atoms. The van der Waals surface area contributed by atoms with E-state index in [1.807, 2.05) is 71.6 Å². The molecule has 0 aliphatic heterocycles. The van der Waals surface area contributed by atoms with Crippen molar-refractivity contribution in [3.8, 4) is 17.0 Å². The molecule has 0 spiro atoms. The van der Waals surface area contributed by atoms with Gasteiger partial charge in [0.15, 0.2) is 0 Å². The molecular formula is C20H17N3O2S. The Balaban J connectivity index is 1.69. The normalized spacial score (nSPS) is 10.8. The number of anilines is 1. The third-order valence-corrected chi connectivity index (χ3v) is 5.11. The predicted molar refractivity (Wildman–Crippen MR) is 104 cm³/mol. The number of carbonyl (C=O) groups excluding carboxylic acids is 1. The largest absolute Gasteiger partial charge is 0.495 e. The van der Waals surface area contributed by atoms with Crippen molar-refractivity contribution in [1.29, 1.82) is 0 Å². The predicted octanol–water partition coefficient (Wildman–Crippen LogP) is 4.63. The molecule has 0 bridgehead atoms. The standard InChI is InChI=1S/C20H17N3O2S/c1-13-9-18(26-12-13)20(24)22-15-10-14(6-7-17(15)25-2)16-11-23-8-4-3-5-19(23)21-16/h3-12H,1-2H3,(H,22,24). The summed E-state index contributed by atoms with van der Waals surface area (Å²) in [4.78, 5) is 17.8. The second-order valence-electron chi connectivity index (χ2n) is 5.95. The van der Waals surface area contributed by atoms with E-state index in [0.29, 0.717) is 16.3 Å². The van der Waals surface area contributed by atoms with E-state index in [2.05, 4.69) is 10.3 Å². The van der Waals surface area contributed by atoms with E-state index in [9.17, 15) is 4.79 Å². The Labute approximate surface area is 154 Å². The van der Waals surface area contributed by atoms with Crippen LogP contribution >= 0.6 is 11.3 Å². The number of ether oxygens (including phenoxy) is 1. The fourth-order valence-electron chi connectivity index (χ4n) is 2.77. The summed E-state index contributed by atoms with van der Waals surface area (Å²) in [6.07, 6.45) is 3.92. The van der Waals surface area contributed by atoms with Gasteiger partial charge in [0.1, 0.15) is 11.4 Å². The average molecular weight is 363 g/mol. The summed E-state index contributed by atoms with van der Waals surface area (Å²) in [7, 11) is 1.59. The Kier molecular flexibility index (Phi) is 4.18. The molecule has 1 N–H and O–H groups in total. The molecule has 0 unspecified atom stereocenters. The number of hydrogen-bond acceptors (Lipinski definition) is 4. The van der Waals surface area contributed by atoms with Crippen molar-refractivity contribution in [3.63, 3.8) is 0 Å². The molecule has 3 heterocycles. The zero-order chi connectivity index (χ0) is 18.1. The van der Waals surface area contributed by atoms with E-state index >= 15 is 0 Å². The highest BCUT2D eigenvalue weighted by atomic mass is 32.1. The first-order valence-electron chi connectivity index (χ1n) is 8.12. The first-order valence-corrected chi connectivity index (χ1v) is 9.00. The first kappa shape index (κ1) is 16.4. The van der Waals surface area contributed by atoms with Crippen LogP contribution in [0, 0.1) is 6.92 Å². The number of hydrogen-bond donors (Lipinski definition) is 1. The summed E-state index contributed by atoms with van der Waals surface area (Å²) < 4.78 is 7.36. The summed E-state index contributed by atoms with van der Waals surface area (Å²) >= 11 is 1.43. The highest BCUT2D eigenvalue weighted by Crippen LogP contribution is 2.31. The molecule has 1 amide bonds. The summed E-state index contributed by atoms with van der Waals surface area (Å²) in [6.45, 7) is 1.97. The van der Waals surface area contributed by atoms with Gasteiger partial charge in [0.05, 0.1) is 23.4 Å². The van der Waals surface area contributed by atoms with Gasteiger partial charge in [-0.3, -0.25) is 4.79 Å². The van der Waals surface area contributed by atoms with Crippen LogP contribution in [0.2, 0.25) is 0 Å². The highest BCUT2D eigenvalue weighted by Gasteiger charge is 2.14. The van der Waals surface area contributed by atoms with Crippen molar-refractivity contribution in [2.24, 2.45) is 0 Å². The van der Waals surface area contributed by atoms with Crippen LogP contribution in [0.15, 0.2) is 60.2 Å². The van der Waals surface area contributed by atoms with Gasteiger partial charge >= 0.3 is 0 Å². The number of aryl methyl sites for hydroxylation is 1. The van der Waals surface area contributed by atoms with Gasteiger partial charge in [-0.25, -0.2) is 4.98 Å². The van der Waals surface area contributed by atoms with Gasteiger partial charge in [-0.2, -0.15) is 0 Å². The van der Waals surface area contributed by atoms with Crippen molar-refractivity contribution in [3.05, 3.63) is 70.7 Å².